The number of rotatable bonds is 2. The van der Waals surface area contributed by atoms with Gasteiger partial charge in [-0.15, -0.1) is 0 Å². The summed E-state index contributed by atoms with van der Waals surface area (Å²) < 4.78 is 5.35. The van der Waals surface area contributed by atoms with Crippen molar-refractivity contribution in [3.8, 4) is 0 Å². The van der Waals surface area contributed by atoms with Gasteiger partial charge in [-0.05, 0) is 81.0 Å². The number of hydrogen-bond donors (Lipinski definition) is 2. The van der Waals surface area contributed by atoms with Crippen LogP contribution < -0.4 is 11.1 Å². The Balaban J connectivity index is 1.89. The first-order chi connectivity index (χ1) is 12.1. The molecule has 3 rings (SSSR count). The number of ether oxygens (including phenoxy) is 1. The van der Waals surface area contributed by atoms with Crippen molar-refractivity contribution in [1.29, 1.82) is 0 Å². The Hall–Kier alpha value is -2.04. The Bertz CT molecular complexity index is 722. The Morgan fingerprint density at radius 1 is 1.27 bits per heavy atom. The Morgan fingerprint density at radius 2 is 2.00 bits per heavy atom. The lowest BCUT2D eigenvalue weighted by Gasteiger charge is -2.49. The van der Waals surface area contributed by atoms with Gasteiger partial charge in [0, 0.05) is 11.6 Å². The van der Waals surface area contributed by atoms with Gasteiger partial charge in [0.15, 0.2) is 0 Å². The van der Waals surface area contributed by atoms with E-state index in [2.05, 4.69) is 24.4 Å². The molecule has 1 saturated carbocycles. The first-order valence-corrected chi connectivity index (χ1v) is 9.53. The average Bonchev–Trinajstić information content (AvgIpc) is 2.52. The van der Waals surface area contributed by atoms with Crippen molar-refractivity contribution in [2.24, 2.45) is 17.6 Å². The maximum absolute atomic E-state index is 12.1. The first kappa shape index (κ1) is 18.7. The molecular formula is C21H30N2O3. The van der Waals surface area contributed by atoms with Crippen molar-refractivity contribution in [3.05, 3.63) is 29.3 Å². The molecule has 0 aliphatic heterocycles. The monoisotopic (exact) mass is 358 g/mol. The van der Waals surface area contributed by atoms with Crippen LogP contribution in [0.4, 0.5) is 10.5 Å². The fraction of sp³-hybridized carbons (Fsp3) is 0.619. The highest BCUT2D eigenvalue weighted by Crippen LogP contribution is 2.52. The molecule has 142 valence electrons. The fourth-order valence-electron chi connectivity index (χ4n) is 4.85. The lowest BCUT2D eigenvalue weighted by Crippen LogP contribution is -2.48. The second kappa shape index (κ2) is 6.60. The summed E-state index contributed by atoms with van der Waals surface area (Å²) in [5.41, 5.74) is 8.38. The molecule has 3 N–H and O–H groups in total. The van der Waals surface area contributed by atoms with E-state index in [1.165, 1.54) is 11.1 Å². The van der Waals surface area contributed by atoms with Crippen molar-refractivity contribution in [1.82, 2.24) is 0 Å². The summed E-state index contributed by atoms with van der Waals surface area (Å²) in [7, 11) is 0. The minimum absolute atomic E-state index is 0.0515. The number of benzene rings is 1. The third-order valence-electron chi connectivity index (χ3n) is 5.98. The molecule has 3 atom stereocenters. The minimum atomic E-state index is -0.534. The zero-order chi connectivity index (χ0) is 19.1. The topological polar surface area (TPSA) is 81.4 Å². The van der Waals surface area contributed by atoms with Gasteiger partial charge in [-0.2, -0.15) is 0 Å². The van der Waals surface area contributed by atoms with Crippen LogP contribution in [0.15, 0.2) is 18.2 Å². The van der Waals surface area contributed by atoms with Gasteiger partial charge in [-0.1, -0.05) is 19.4 Å². The molecule has 0 saturated heterocycles. The van der Waals surface area contributed by atoms with E-state index in [4.69, 9.17) is 10.5 Å². The molecule has 3 unspecified atom stereocenters. The number of nitrogens with two attached hydrogens (primary N) is 1. The number of hydrogen-bond acceptors (Lipinski definition) is 3. The number of anilines is 1. The second-order valence-electron chi connectivity index (χ2n) is 8.96. The first-order valence-electron chi connectivity index (χ1n) is 9.53. The van der Waals surface area contributed by atoms with Crippen molar-refractivity contribution in [2.45, 2.75) is 70.8 Å². The van der Waals surface area contributed by atoms with Crippen LogP contribution in [0, 0.1) is 11.8 Å². The van der Waals surface area contributed by atoms with E-state index in [1.54, 1.807) is 0 Å². The SMILES string of the molecule is CC(C)(C)OC(=O)Nc1ccc2c(c1)C1(C)CCCC(C(N)=O)C1CC2. The molecule has 2 aliphatic rings. The third-order valence-corrected chi connectivity index (χ3v) is 5.98. The van der Waals surface area contributed by atoms with Crippen LogP contribution in [0.2, 0.25) is 0 Å². The lowest BCUT2D eigenvalue weighted by atomic mass is 9.54. The summed E-state index contributed by atoms with van der Waals surface area (Å²) in [4.78, 5) is 24.1. The fourth-order valence-corrected chi connectivity index (χ4v) is 4.85. The largest absolute Gasteiger partial charge is 0.444 e. The zero-order valence-electron chi connectivity index (χ0n) is 16.2. The zero-order valence-corrected chi connectivity index (χ0v) is 16.2. The van der Waals surface area contributed by atoms with E-state index in [1.807, 2.05) is 26.8 Å². The smallest absolute Gasteiger partial charge is 0.412 e. The molecular weight excluding hydrogens is 328 g/mol. The highest BCUT2D eigenvalue weighted by Gasteiger charge is 2.48. The van der Waals surface area contributed by atoms with Crippen molar-refractivity contribution in [3.63, 3.8) is 0 Å². The summed E-state index contributed by atoms with van der Waals surface area (Å²) in [5, 5.41) is 2.84. The number of nitrogens with one attached hydrogen (secondary N) is 1. The summed E-state index contributed by atoms with van der Waals surface area (Å²) in [6, 6.07) is 6.09. The number of aryl methyl sites for hydroxylation is 1. The number of fused-ring (bicyclic) bond motifs is 3. The van der Waals surface area contributed by atoms with E-state index in [-0.39, 0.29) is 23.2 Å². The maximum atomic E-state index is 12.1. The number of primary amides is 1. The normalized spacial score (nSPS) is 27.8. The maximum Gasteiger partial charge on any atom is 0.412 e. The molecule has 0 aromatic heterocycles. The highest BCUT2D eigenvalue weighted by atomic mass is 16.6. The Kier molecular flexibility index (Phi) is 4.76. The molecule has 5 heteroatoms. The van der Waals surface area contributed by atoms with Gasteiger partial charge in [0.05, 0.1) is 0 Å². The van der Waals surface area contributed by atoms with E-state index in [9.17, 15) is 9.59 Å². The van der Waals surface area contributed by atoms with Crippen molar-refractivity contribution in [2.75, 3.05) is 5.32 Å². The Labute approximate surface area is 155 Å². The van der Waals surface area contributed by atoms with E-state index < -0.39 is 11.7 Å². The molecule has 2 aliphatic carbocycles. The van der Waals surface area contributed by atoms with Crippen LogP contribution in [0.5, 0.6) is 0 Å². The Morgan fingerprint density at radius 3 is 2.65 bits per heavy atom. The van der Waals surface area contributed by atoms with Crippen LogP contribution in [-0.2, 0) is 21.4 Å². The van der Waals surface area contributed by atoms with Crippen LogP contribution in [-0.4, -0.2) is 17.6 Å². The van der Waals surface area contributed by atoms with Gasteiger partial charge in [0.1, 0.15) is 5.60 Å². The van der Waals surface area contributed by atoms with Gasteiger partial charge in [0.2, 0.25) is 5.91 Å². The average molecular weight is 358 g/mol. The molecule has 1 aromatic carbocycles. The predicted octanol–water partition coefficient (Wildman–Crippen LogP) is 4.14. The number of carbonyl (C=O) groups excluding carboxylic acids is 2. The molecule has 5 nitrogen and oxygen atoms in total. The minimum Gasteiger partial charge on any atom is -0.444 e. The van der Waals surface area contributed by atoms with Gasteiger partial charge in [-0.25, -0.2) is 4.79 Å². The third kappa shape index (κ3) is 3.57. The van der Waals surface area contributed by atoms with Gasteiger partial charge in [0.25, 0.3) is 0 Å². The van der Waals surface area contributed by atoms with E-state index >= 15 is 0 Å². The molecule has 26 heavy (non-hydrogen) atoms. The summed E-state index contributed by atoms with van der Waals surface area (Å²) in [6.45, 7) is 7.78. The predicted molar refractivity (Wildman–Crippen MR) is 102 cm³/mol. The number of carbonyl (C=O) groups is 2. The molecule has 2 amide bonds. The standard InChI is InChI=1S/C21H30N2O3/c1-20(2,3)26-19(25)23-14-9-7-13-8-10-16-15(18(22)24)6-5-11-21(16,4)17(13)12-14/h7,9,12,15-16H,5-6,8,10-11H2,1-4H3,(H2,22,24)(H,23,25). The quantitative estimate of drug-likeness (QED) is 0.833. The lowest BCUT2D eigenvalue weighted by molar-refractivity contribution is -0.126. The molecule has 0 heterocycles. The molecule has 1 aromatic rings. The summed E-state index contributed by atoms with van der Waals surface area (Å²) in [5.74, 6) is 0.0507. The molecule has 0 bridgehead atoms. The number of amides is 2. The van der Waals surface area contributed by atoms with Gasteiger partial charge >= 0.3 is 6.09 Å². The van der Waals surface area contributed by atoms with E-state index in [0.29, 0.717) is 0 Å². The van der Waals surface area contributed by atoms with Crippen molar-refractivity contribution >= 4 is 17.7 Å². The van der Waals surface area contributed by atoms with Gasteiger partial charge < -0.3 is 10.5 Å². The second-order valence-corrected chi connectivity index (χ2v) is 8.96. The highest BCUT2D eigenvalue weighted by molar-refractivity contribution is 5.85. The van der Waals surface area contributed by atoms with Crippen LogP contribution in [0.25, 0.3) is 0 Å². The van der Waals surface area contributed by atoms with E-state index in [0.717, 1.165) is 37.8 Å². The molecule has 1 fully saturated rings. The van der Waals surface area contributed by atoms with Gasteiger partial charge in [-0.3, -0.25) is 10.1 Å². The van der Waals surface area contributed by atoms with Crippen LogP contribution in [0.1, 0.15) is 64.5 Å². The summed E-state index contributed by atoms with van der Waals surface area (Å²) >= 11 is 0. The van der Waals surface area contributed by atoms with Crippen molar-refractivity contribution < 1.29 is 14.3 Å². The van der Waals surface area contributed by atoms with Crippen LogP contribution in [0.3, 0.4) is 0 Å². The summed E-state index contributed by atoms with van der Waals surface area (Å²) in [6.07, 6.45) is 4.44. The molecule has 0 spiro atoms. The van der Waals surface area contributed by atoms with Crippen LogP contribution >= 0.6 is 0 Å². The molecule has 0 radical (unpaired) electrons.